The summed E-state index contributed by atoms with van der Waals surface area (Å²) >= 11 is 1.52. The van der Waals surface area contributed by atoms with Gasteiger partial charge in [-0.1, -0.05) is 13.8 Å². The number of ether oxygens (including phenoxy) is 1. The standard InChI is InChI=1S/C15H19FN2OS/c1-11(2)6-17-7-12-3-13(16)5-15(4-12)19-8-14-9-20-10-18-14/h3-5,9-11,17H,6-8H2,1-2H3. The third-order valence-electron chi connectivity index (χ3n) is 2.68. The van der Waals surface area contributed by atoms with Crippen LogP contribution in [0, 0.1) is 11.7 Å². The van der Waals surface area contributed by atoms with Crippen molar-refractivity contribution >= 4 is 11.3 Å². The van der Waals surface area contributed by atoms with E-state index in [0.29, 0.717) is 24.8 Å². The summed E-state index contributed by atoms with van der Waals surface area (Å²) < 4.78 is 19.1. The number of rotatable bonds is 7. The van der Waals surface area contributed by atoms with Gasteiger partial charge in [-0.3, -0.25) is 0 Å². The fourth-order valence-electron chi connectivity index (χ4n) is 1.78. The molecule has 0 radical (unpaired) electrons. The normalized spacial score (nSPS) is 11.0. The molecule has 0 atom stereocenters. The molecule has 2 rings (SSSR count). The summed E-state index contributed by atoms with van der Waals surface area (Å²) in [6.45, 7) is 6.20. The number of nitrogens with zero attached hydrogens (tertiary/aromatic N) is 1. The van der Waals surface area contributed by atoms with Crippen LogP contribution in [0.1, 0.15) is 25.1 Å². The van der Waals surface area contributed by atoms with E-state index in [9.17, 15) is 4.39 Å². The molecule has 0 fully saturated rings. The van der Waals surface area contributed by atoms with Crippen LogP contribution < -0.4 is 10.1 Å². The summed E-state index contributed by atoms with van der Waals surface area (Å²) in [5.41, 5.74) is 3.50. The Balaban J connectivity index is 1.93. The van der Waals surface area contributed by atoms with Gasteiger partial charge >= 0.3 is 0 Å². The molecule has 0 saturated heterocycles. The van der Waals surface area contributed by atoms with E-state index in [1.807, 2.05) is 11.4 Å². The number of halogens is 1. The van der Waals surface area contributed by atoms with Crippen molar-refractivity contribution in [3.05, 3.63) is 46.2 Å². The van der Waals surface area contributed by atoms with Crippen LogP contribution >= 0.6 is 11.3 Å². The minimum Gasteiger partial charge on any atom is -0.487 e. The Morgan fingerprint density at radius 2 is 2.20 bits per heavy atom. The Hall–Kier alpha value is -1.46. The molecular formula is C15H19FN2OS. The molecule has 2 aromatic rings. The molecule has 20 heavy (non-hydrogen) atoms. The lowest BCUT2D eigenvalue weighted by molar-refractivity contribution is 0.300. The van der Waals surface area contributed by atoms with E-state index in [1.54, 1.807) is 5.51 Å². The topological polar surface area (TPSA) is 34.1 Å². The number of thiazole rings is 1. The zero-order chi connectivity index (χ0) is 14.4. The lowest BCUT2D eigenvalue weighted by Crippen LogP contribution is -2.19. The van der Waals surface area contributed by atoms with Gasteiger partial charge in [0.05, 0.1) is 11.2 Å². The largest absolute Gasteiger partial charge is 0.487 e. The van der Waals surface area contributed by atoms with Gasteiger partial charge < -0.3 is 10.1 Å². The van der Waals surface area contributed by atoms with Crippen LogP contribution in [0.25, 0.3) is 0 Å². The van der Waals surface area contributed by atoms with Crippen molar-refractivity contribution in [3.8, 4) is 5.75 Å². The summed E-state index contributed by atoms with van der Waals surface area (Å²) in [5, 5.41) is 5.21. The number of aromatic nitrogens is 1. The van der Waals surface area contributed by atoms with Gasteiger partial charge in [-0.15, -0.1) is 11.3 Å². The number of nitrogens with one attached hydrogen (secondary N) is 1. The molecule has 1 aromatic carbocycles. The minimum atomic E-state index is -0.276. The van der Waals surface area contributed by atoms with Gasteiger partial charge in [0.1, 0.15) is 18.2 Å². The number of benzene rings is 1. The van der Waals surface area contributed by atoms with Gasteiger partial charge in [0.2, 0.25) is 0 Å². The highest BCUT2D eigenvalue weighted by Crippen LogP contribution is 2.18. The van der Waals surface area contributed by atoms with Crippen LogP contribution in [0.5, 0.6) is 5.75 Å². The van der Waals surface area contributed by atoms with Crippen molar-refractivity contribution < 1.29 is 9.13 Å². The van der Waals surface area contributed by atoms with E-state index in [2.05, 4.69) is 24.1 Å². The number of hydrogen-bond donors (Lipinski definition) is 1. The van der Waals surface area contributed by atoms with E-state index >= 15 is 0 Å². The van der Waals surface area contributed by atoms with Crippen LogP contribution in [0.15, 0.2) is 29.1 Å². The van der Waals surface area contributed by atoms with Crippen LogP contribution in [-0.4, -0.2) is 11.5 Å². The molecule has 0 aliphatic carbocycles. The minimum absolute atomic E-state index is 0.276. The summed E-state index contributed by atoms with van der Waals surface area (Å²) in [6, 6.07) is 4.80. The summed E-state index contributed by atoms with van der Waals surface area (Å²) in [6.07, 6.45) is 0. The quantitative estimate of drug-likeness (QED) is 0.847. The average molecular weight is 294 g/mol. The molecule has 0 saturated carbocycles. The smallest absolute Gasteiger partial charge is 0.131 e. The molecule has 0 amide bonds. The van der Waals surface area contributed by atoms with Crippen LogP contribution in [0.2, 0.25) is 0 Å². The molecule has 0 spiro atoms. The average Bonchev–Trinajstić information content (AvgIpc) is 2.88. The molecule has 1 heterocycles. The Morgan fingerprint density at radius 1 is 1.35 bits per heavy atom. The van der Waals surface area contributed by atoms with Crippen molar-refractivity contribution in [1.29, 1.82) is 0 Å². The Bertz CT molecular complexity index is 529. The lowest BCUT2D eigenvalue weighted by Gasteiger charge is -2.10. The first-order chi connectivity index (χ1) is 9.63. The predicted molar refractivity (Wildman–Crippen MR) is 79.4 cm³/mol. The van der Waals surface area contributed by atoms with Gasteiger partial charge in [-0.05, 0) is 30.2 Å². The van der Waals surface area contributed by atoms with Crippen molar-refractivity contribution in [3.63, 3.8) is 0 Å². The highest BCUT2D eigenvalue weighted by molar-refractivity contribution is 7.07. The zero-order valence-electron chi connectivity index (χ0n) is 11.7. The summed E-state index contributed by atoms with van der Waals surface area (Å²) in [4.78, 5) is 4.13. The molecule has 0 aliphatic rings. The highest BCUT2D eigenvalue weighted by Gasteiger charge is 2.04. The van der Waals surface area contributed by atoms with Crippen molar-refractivity contribution in [1.82, 2.24) is 10.3 Å². The Labute approximate surface area is 122 Å². The molecular weight excluding hydrogens is 275 g/mol. The van der Waals surface area contributed by atoms with Gasteiger partial charge in [0.25, 0.3) is 0 Å². The molecule has 3 nitrogen and oxygen atoms in total. The van der Waals surface area contributed by atoms with Crippen molar-refractivity contribution in [2.75, 3.05) is 6.54 Å². The monoisotopic (exact) mass is 294 g/mol. The van der Waals surface area contributed by atoms with Crippen LogP contribution in [0.3, 0.4) is 0 Å². The maximum Gasteiger partial charge on any atom is 0.131 e. The van der Waals surface area contributed by atoms with Crippen LogP contribution in [-0.2, 0) is 13.2 Å². The molecule has 5 heteroatoms. The van der Waals surface area contributed by atoms with E-state index in [1.165, 1.54) is 23.5 Å². The second kappa shape index (κ2) is 7.36. The fraction of sp³-hybridized carbons (Fsp3) is 0.400. The first-order valence-corrected chi connectivity index (χ1v) is 7.58. The molecule has 108 valence electrons. The molecule has 0 aliphatic heterocycles. The zero-order valence-corrected chi connectivity index (χ0v) is 12.5. The van der Waals surface area contributed by atoms with E-state index < -0.39 is 0 Å². The Morgan fingerprint density at radius 3 is 2.90 bits per heavy atom. The van der Waals surface area contributed by atoms with Gasteiger partial charge in [0, 0.05) is 18.0 Å². The summed E-state index contributed by atoms with van der Waals surface area (Å²) in [7, 11) is 0. The SMILES string of the molecule is CC(C)CNCc1cc(F)cc(OCc2cscn2)c1. The van der Waals surface area contributed by atoms with E-state index in [0.717, 1.165) is 17.8 Å². The van der Waals surface area contributed by atoms with E-state index in [-0.39, 0.29) is 5.82 Å². The summed E-state index contributed by atoms with van der Waals surface area (Å²) in [5.74, 6) is 0.838. The third-order valence-corrected chi connectivity index (χ3v) is 3.32. The second-order valence-electron chi connectivity index (χ2n) is 5.09. The molecule has 1 aromatic heterocycles. The second-order valence-corrected chi connectivity index (χ2v) is 5.81. The third kappa shape index (κ3) is 4.90. The molecule has 1 N–H and O–H groups in total. The van der Waals surface area contributed by atoms with Crippen molar-refractivity contribution in [2.24, 2.45) is 5.92 Å². The predicted octanol–water partition coefficient (Wildman–Crippen LogP) is 3.61. The highest BCUT2D eigenvalue weighted by atomic mass is 32.1. The van der Waals surface area contributed by atoms with E-state index in [4.69, 9.17) is 4.74 Å². The maximum absolute atomic E-state index is 13.6. The van der Waals surface area contributed by atoms with Crippen molar-refractivity contribution in [2.45, 2.75) is 27.0 Å². The Kier molecular flexibility index (Phi) is 5.49. The molecule has 0 bridgehead atoms. The van der Waals surface area contributed by atoms with Gasteiger partial charge in [-0.25, -0.2) is 9.37 Å². The fourth-order valence-corrected chi connectivity index (χ4v) is 2.32. The first-order valence-electron chi connectivity index (χ1n) is 6.63. The van der Waals surface area contributed by atoms with Gasteiger partial charge in [-0.2, -0.15) is 0 Å². The molecule has 0 unspecified atom stereocenters. The first kappa shape index (κ1) is 14.9. The number of hydrogen-bond acceptors (Lipinski definition) is 4. The van der Waals surface area contributed by atoms with Crippen LogP contribution in [0.4, 0.5) is 4.39 Å². The lowest BCUT2D eigenvalue weighted by atomic mass is 10.2. The van der Waals surface area contributed by atoms with Gasteiger partial charge in [0.15, 0.2) is 0 Å². The maximum atomic E-state index is 13.6.